The molecule has 0 spiro atoms. The minimum Gasteiger partial charge on any atom is -0.486 e. The van der Waals surface area contributed by atoms with Gasteiger partial charge in [0.25, 0.3) is 0 Å². The molecule has 5 aromatic rings. The van der Waals surface area contributed by atoms with Crippen molar-refractivity contribution in [1.82, 2.24) is 19.8 Å². The highest BCUT2D eigenvalue weighted by molar-refractivity contribution is 7.16. The summed E-state index contributed by atoms with van der Waals surface area (Å²) in [5.41, 5.74) is 1.78. The van der Waals surface area contributed by atoms with Gasteiger partial charge in [-0.15, -0.1) is 10.2 Å². The van der Waals surface area contributed by atoms with Gasteiger partial charge >= 0.3 is 0 Å². The number of rotatable bonds is 4. The number of hydrogen-bond acceptors (Lipinski definition) is 6. The van der Waals surface area contributed by atoms with Gasteiger partial charge in [-0.1, -0.05) is 41.1 Å². The van der Waals surface area contributed by atoms with E-state index in [0.29, 0.717) is 23.2 Å². The molecule has 0 saturated heterocycles. The molecule has 0 N–H and O–H groups in total. The molecular formula is C19H13ClN4O2S. The van der Waals surface area contributed by atoms with Crippen molar-refractivity contribution in [3.63, 3.8) is 0 Å². The highest BCUT2D eigenvalue weighted by atomic mass is 35.5. The molecule has 0 atom stereocenters. The second-order valence-electron chi connectivity index (χ2n) is 6.06. The molecule has 27 heavy (non-hydrogen) atoms. The summed E-state index contributed by atoms with van der Waals surface area (Å²) >= 11 is 7.48. The van der Waals surface area contributed by atoms with E-state index in [9.17, 15) is 0 Å². The molecule has 3 heterocycles. The van der Waals surface area contributed by atoms with Crippen molar-refractivity contribution < 1.29 is 9.15 Å². The Morgan fingerprint density at radius 1 is 1.15 bits per heavy atom. The molecule has 0 fully saturated rings. The number of furan rings is 1. The van der Waals surface area contributed by atoms with Crippen LogP contribution in [-0.2, 0) is 6.61 Å². The van der Waals surface area contributed by atoms with Crippen LogP contribution < -0.4 is 4.74 Å². The number of para-hydroxylation sites is 1. The van der Waals surface area contributed by atoms with Crippen molar-refractivity contribution >= 4 is 38.9 Å². The number of hydrogen-bond donors (Lipinski definition) is 0. The van der Waals surface area contributed by atoms with Crippen LogP contribution in [0.2, 0.25) is 5.02 Å². The number of aromatic nitrogens is 4. The van der Waals surface area contributed by atoms with Gasteiger partial charge in [-0.3, -0.25) is 0 Å². The van der Waals surface area contributed by atoms with Crippen molar-refractivity contribution in [3.8, 4) is 17.3 Å². The molecule has 0 unspecified atom stereocenters. The first kappa shape index (κ1) is 16.3. The van der Waals surface area contributed by atoms with Crippen LogP contribution in [0.5, 0.6) is 5.75 Å². The van der Waals surface area contributed by atoms with Gasteiger partial charge in [0.15, 0.2) is 10.8 Å². The van der Waals surface area contributed by atoms with Crippen LogP contribution in [0.25, 0.3) is 27.5 Å². The molecule has 0 amide bonds. The van der Waals surface area contributed by atoms with Crippen LogP contribution in [0.4, 0.5) is 0 Å². The predicted octanol–water partition coefficient (Wildman–Crippen LogP) is 5.14. The van der Waals surface area contributed by atoms with Crippen LogP contribution in [0, 0.1) is 6.92 Å². The minimum absolute atomic E-state index is 0.342. The largest absolute Gasteiger partial charge is 0.486 e. The summed E-state index contributed by atoms with van der Waals surface area (Å²) in [7, 11) is 0. The lowest BCUT2D eigenvalue weighted by atomic mass is 10.2. The zero-order valence-corrected chi connectivity index (χ0v) is 15.8. The molecule has 5 rings (SSSR count). The normalized spacial score (nSPS) is 11.5. The highest BCUT2D eigenvalue weighted by Crippen LogP contribution is 2.28. The van der Waals surface area contributed by atoms with Gasteiger partial charge in [-0.05, 0) is 42.8 Å². The average molecular weight is 397 g/mol. The van der Waals surface area contributed by atoms with Gasteiger partial charge in [0.2, 0.25) is 10.8 Å². The zero-order chi connectivity index (χ0) is 18.4. The Hall–Kier alpha value is -2.90. The number of ether oxygens (including phenoxy) is 1. The topological polar surface area (TPSA) is 65.5 Å². The quantitative estimate of drug-likeness (QED) is 0.421. The van der Waals surface area contributed by atoms with Crippen LogP contribution in [0.15, 0.2) is 52.9 Å². The summed E-state index contributed by atoms with van der Waals surface area (Å²) < 4.78 is 13.4. The molecule has 0 aliphatic rings. The van der Waals surface area contributed by atoms with Crippen molar-refractivity contribution in [2.24, 2.45) is 0 Å². The Labute approximate surface area is 163 Å². The molecule has 6 nitrogen and oxygen atoms in total. The Balaban J connectivity index is 1.43. The first-order chi connectivity index (χ1) is 13.2. The SMILES string of the molecule is Cc1cc(OCc2nn3c(-c4cc5ccccc5o4)nnc3s2)ccc1Cl. The van der Waals surface area contributed by atoms with E-state index >= 15 is 0 Å². The Morgan fingerprint density at radius 3 is 2.89 bits per heavy atom. The van der Waals surface area contributed by atoms with Crippen LogP contribution in [0.3, 0.4) is 0 Å². The van der Waals surface area contributed by atoms with Crippen LogP contribution >= 0.6 is 22.9 Å². The number of aryl methyl sites for hydroxylation is 1. The van der Waals surface area contributed by atoms with E-state index in [1.807, 2.05) is 55.5 Å². The fourth-order valence-electron chi connectivity index (χ4n) is 2.81. The lowest BCUT2D eigenvalue weighted by Crippen LogP contribution is -1.97. The van der Waals surface area contributed by atoms with Crippen molar-refractivity contribution in [1.29, 1.82) is 0 Å². The van der Waals surface area contributed by atoms with Crippen LogP contribution in [-0.4, -0.2) is 19.8 Å². The molecule has 2 aromatic carbocycles. The molecular weight excluding hydrogens is 384 g/mol. The van der Waals surface area contributed by atoms with Crippen molar-refractivity contribution in [2.75, 3.05) is 0 Å². The second-order valence-corrected chi connectivity index (χ2v) is 7.51. The third-order valence-electron chi connectivity index (χ3n) is 4.17. The van der Waals surface area contributed by atoms with E-state index < -0.39 is 0 Å². The number of nitrogens with zero attached hydrogens (tertiary/aromatic N) is 4. The smallest absolute Gasteiger partial charge is 0.235 e. The lowest BCUT2D eigenvalue weighted by Gasteiger charge is -2.05. The molecule has 0 aliphatic carbocycles. The van der Waals surface area contributed by atoms with Gasteiger partial charge in [-0.25, -0.2) is 0 Å². The monoisotopic (exact) mass is 396 g/mol. The summed E-state index contributed by atoms with van der Waals surface area (Å²) in [5.74, 6) is 1.96. The molecule has 0 radical (unpaired) electrons. The standard InChI is InChI=1S/C19H13ClN4O2S/c1-11-8-13(6-7-14(11)20)25-10-17-23-24-18(21-22-19(24)27-17)16-9-12-4-2-3-5-15(12)26-16/h2-9H,10H2,1H3. The third kappa shape index (κ3) is 2.94. The maximum absolute atomic E-state index is 6.05. The van der Waals surface area contributed by atoms with E-state index in [-0.39, 0.29) is 0 Å². The Bertz CT molecular complexity index is 1240. The highest BCUT2D eigenvalue weighted by Gasteiger charge is 2.17. The number of benzene rings is 2. The van der Waals surface area contributed by atoms with E-state index in [1.165, 1.54) is 11.3 Å². The summed E-state index contributed by atoms with van der Waals surface area (Å²) in [6.45, 7) is 2.28. The van der Waals surface area contributed by atoms with E-state index in [2.05, 4.69) is 15.3 Å². The lowest BCUT2D eigenvalue weighted by molar-refractivity contribution is 0.304. The summed E-state index contributed by atoms with van der Waals surface area (Å²) in [4.78, 5) is 0.691. The molecule has 0 saturated carbocycles. The van der Waals surface area contributed by atoms with E-state index in [0.717, 1.165) is 32.3 Å². The summed E-state index contributed by atoms with van der Waals surface area (Å²) in [5, 5.41) is 15.5. The molecule has 134 valence electrons. The van der Waals surface area contributed by atoms with Crippen LogP contribution in [0.1, 0.15) is 10.6 Å². The molecule has 3 aromatic heterocycles. The summed E-state index contributed by atoms with van der Waals surface area (Å²) in [6, 6.07) is 15.3. The Morgan fingerprint density at radius 2 is 2.04 bits per heavy atom. The first-order valence-electron chi connectivity index (χ1n) is 8.26. The molecule has 0 bridgehead atoms. The fourth-order valence-corrected chi connectivity index (χ4v) is 3.68. The van der Waals surface area contributed by atoms with Gasteiger partial charge in [0, 0.05) is 10.4 Å². The minimum atomic E-state index is 0.342. The number of fused-ring (bicyclic) bond motifs is 2. The van der Waals surface area contributed by atoms with Crippen molar-refractivity contribution in [3.05, 3.63) is 64.1 Å². The zero-order valence-electron chi connectivity index (χ0n) is 14.2. The molecule has 0 aliphatic heterocycles. The van der Waals surface area contributed by atoms with Gasteiger partial charge < -0.3 is 9.15 Å². The second kappa shape index (κ2) is 6.37. The van der Waals surface area contributed by atoms with Gasteiger partial charge in [0.1, 0.15) is 17.9 Å². The van der Waals surface area contributed by atoms with E-state index in [1.54, 1.807) is 4.52 Å². The third-order valence-corrected chi connectivity index (χ3v) is 5.47. The Kier molecular flexibility index (Phi) is 3.84. The average Bonchev–Trinajstić information content (AvgIpc) is 3.35. The first-order valence-corrected chi connectivity index (χ1v) is 9.46. The maximum atomic E-state index is 6.05. The van der Waals surface area contributed by atoms with E-state index in [4.69, 9.17) is 20.8 Å². The molecule has 8 heteroatoms. The predicted molar refractivity (Wildman–Crippen MR) is 104 cm³/mol. The van der Waals surface area contributed by atoms with Gasteiger partial charge in [-0.2, -0.15) is 9.61 Å². The van der Waals surface area contributed by atoms with Crippen molar-refractivity contribution in [2.45, 2.75) is 13.5 Å². The fraction of sp³-hybridized carbons (Fsp3) is 0.105. The van der Waals surface area contributed by atoms with Gasteiger partial charge in [0.05, 0.1) is 0 Å². The summed E-state index contributed by atoms with van der Waals surface area (Å²) in [6.07, 6.45) is 0. The maximum Gasteiger partial charge on any atom is 0.235 e. The number of halogens is 1.